The number of halogens is 2. The number of carbonyl (C=O) groups is 1. The first-order valence-electron chi connectivity index (χ1n) is 7.62. The zero-order chi connectivity index (χ0) is 17.8. The number of thioether (sulfide) groups is 1. The van der Waals surface area contributed by atoms with Crippen LogP contribution in [0.1, 0.15) is 18.1 Å². The number of benzene rings is 2. The molecule has 0 aliphatic carbocycles. The summed E-state index contributed by atoms with van der Waals surface area (Å²) in [5.41, 5.74) is 1.69. The Bertz CT molecular complexity index is 821. The topological polar surface area (TPSA) is 45.0 Å². The molecule has 4 nitrogen and oxygen atoms in total. The van der Waals surface area contributed by atoms with Crippen molar-refractivity contribution < 1.29 is 9.18 Å². The average molecular weight is 376 g/mol. The molecule has 1 heterocycles. The van der Waals surface area contributed by atoms with Gasteiger partial charge in [0, 0.05) is 5.02 Å². The van der Waals surface area contributed by atoms with Crippen molar-refractivity contribution in [3.05, 3.63) is 70.5 Å². The number of hydrogen-bond acceptors (Lipinski definition) is 4. The van der Waals surface area contributed by atoms with E-state index in [9.17, 15) is 9.18 Å². The molecule has 1 aliphatic heterocycles. The lowest BCUT2D eigenvalue weighted by Gasteiger charge is -2.15. The van der Waals surface area contributed by atoms with E-state index in [1.165, 1.54) is 23.9 Å². The smallest absolute Gasteiger partial charge is 0.242 e. The van der Waals surface area contributed by atoms with Gasteiger partial charge in [0.05, 0.1) is 18.0 Å². The molecule has 1 saturated heterocycles. The minimum Gasteiger partial charge on any atom is -0.284 e. The SMILES string of the molecule is C[C@H]1S/C(=N\N=C/c2ccc(Cl)cc2)N(Cc2ccc(F)cc2)C1=O. The molecule has 1 amide bonds. The van der Waals surface area contributed by atoms with Crippen LogP contribution >= 0.6 is 23.4 Å². The van der Waals surface area contributed by atoms with Crippen molar-refractivity contribution in [2.75, 3.05) is 0 Å². The molecule has 0 radical (unpaired) electrons. The maximum absolute atomic E-state index is 13.0. The summed E-state index contributed by atoms with van der Waals surface area (Å²) in [6.07, 6.45) is 1.60. The van der Waals surface area contributed by atoms with Gasteiger partial charge in [0.15, 0.2) is 5.17 Å². The van der Waals surface area contributed by atoms with Gasteiger partial charge in [-0.05, 0) is 42.3 Å². The van der Waals surface area contributed by atoms with Crippen LogP contribution in [0.2, 0.25) is 5.02 Å². The van der Waals surface area contributed by atoms with Crippen LogP contribution < -0.4 is 0 Å². The molecular weight excluding hydrogens is 361 g/mol. The largest absolute Gasteiger partial charge is 0.284 e. The number of carbonyl (C=O) groups excluding carboxylic acids is 1. The third-order valence-corrected chi connectivity index (χ3v) is 4.92. The van der Waals surface area contributed by atoms with Crippen LogP contribution in [0.25, 0.3) is 0 Å². The fraction of sp³-hybridized carbons (Fsp3) is 0.167. The molecule has 2 aromatic rings. The predicted molar refractivity (Wildman–Crippen MR) is 100 cm³/mol. The molecule has 0 saturated carbocycles. The van der Waals surface area contributed by atoms with Gasteiger partial charge < -0.3 is 0 Å². The normalized spacial score (nSPS) is 19.3. The van der Waals surface area contributed by atoms with Gasteiger partial charge in [0.2, 0.25) is 5.91 Å². The van der Waals surface area contributed by atoms with Gasteiger partial charge in [-0.15, -0.1) is 5.10 Å². The van der Waals surface area contributed by atoms with Crippen molar-refractivity contribution in [1.29, 1.82) is 0 Å². The van der Waals surface area contributed by atoms with E-state index < -0.39 is 0 Å². The van der Waals surface area contributed by atoms with Gasteiger partial charge in [0.25, 0.3) is 0 Å². The Morgan fingerprint density at radius 1 is 1.20 bits per heavy atom. The molecule has 0 bridgehead atoms. The molecule has 0 N–H and O–H groups in total. The van der Waals surface area contributed by atoms with Gasteiger partial charge in [-0.25, -0.2) is 4.39 Å². The van der Waals surface area contributed by atoms with E-state index in [2.05, 4.69) is 10.2 Å². The first-order valence-corrected chi connectivity index (χ1v) is 8.88. The van der Waals surface area contributed by atoms with Crippen LogP contribution in [0.5, 0.6) is 0 Å². The summed E-state index contributed by atoms with van der Waals surface area (Å²) in [5.74, 6) is -0.338. The van der Waals surface area contributed by atoms with Crippen molar-refractivity contribution in [2.24, 2.45) is 10.2 Å². The second-order valence-electron chi connectivity index (χ2n) is 5.49. The van der Waals surface area contributed by atoms with Crippen LogP contribution in [-0.4, -0.2) is 27.4 Å². The minimum absolute atomic E-state index is 0.0326. The van der Waals surface area contributed by atoms with Gasteiger partial charge in [-0.3, -0.25) is 9.69 Å². The molecule has 128 valence electrons. The monoisotopic (exact) mass is 375 g/mol. The van der Waals surface area contributed by atoms with Gasteiger partial charge in [-0.1, -0.05) is 47.6 Å². The summed E-state index contributed by atoms with van der Waals surface area (Å²) in [6, 6.07) is 13.3. The molecule has 2 aromatic carbocycles. The molecule has 25 heavy (non-hydrogen) atoms. The zero-order valence-corrected chi connectivity index (χ0v) is 15.0. The summed E-state index contributed by atoms with van der Waals surface area (Å²) in [5, 5.41) is 9.23. The Morgan fingerprint density at radius 2 is 1.88 bits per heavy atom. The van der Waals surface area contributed by atoms with Crippen LogP contribution in [0, 0.1) is 5.82 Å². The molecule has 7 heteroatoms. The van der Waals surface area contributed by atoms with Crippen molar-refractivity contribution in [1.82, 2.24) is 4.90 Å². The highest BCUT2D eigenvalue weighted by Gasteiger charge is 2.35. The Morgan fingerprint density at radius 3 is 2.56 bits per heavy atom. The maximum Gasteiger partial charge on any atom is 0.242 e. The molecule has 0 unspecified atom stereocenters. The molecule has 3 rings (SSSR count). The Hall–Kier alpha value is -2.18. The molecule has 1 fully saturated rings. The van der Waals surface area contributed by atoms with Crippen molar-refractivity contribution in [3.8, 4) is 0 Å². The molecule has 1 atom stereocenters. The van der Waals surface area contributed by atoms with E-state index in [-0.39, 0.29) is 17.0 Å². The Labute approximate surface area is 154 Å². The predicted octanol–water partition coefficient (Wildman–Crippen LogP) is 4.33. The number of hydrogen-bond donors (Lipinski definition) is 0. The van der Waals surface area contributed by atoms with Crippen molar-refractivity contribution in [3.63, 3.8) is 0 Å². The summed E-state index contributed by atoms with van der Waals surface area (Å²) in [4.78, 5) is 13.9. The lowest BCUT2D eigenvalue weighted by molar-refractivity contribution is -0.126. The van der Waals surface area contributed by atoms with Crippen LogP contribution in [0.4, 0.5) is 4.39 Å². The van der Waals surface area contributed by atoms with E-state index in [0.717, 1.165) is 11.1 Å². The third kappa shape index (κ3) is 4.46. The first kappa shape index (κ1) is 17.6. The Balaban J connectivity index is 1.76. The van der Waals surface area contributed by atoms with Gasteiger partial charge in [-0.2, -0.15) is 5.10 Å². The first-order chi connectivity index (χ1) is 12.0. The maximum atomic E-state index is 13.0. The summed E-state index contributed by atoms with van der Waals surface area (Å²) in [7, 11) is 0. The van der Waals surface area contributed by atoms with Gasteiger partial charge in [0.1, 0.15) is 5.82 Å². The molecule has 1 aliphatic rings. The summed E-state index contributed by atoms with van der Waals surface area (Å²) < 4.78 is 13.0. The second-order valence-corrected chi connectivity index (χ2v) is 7.23. The van der Waals surface area contributed by atoms with E-state index >= 15 is 0 Å². The van der Waals surface area contributed by atoms with E-state index in [4.69, 9.17) is 11.6 Å². The van der Waals surface area contributed by atoms with Gasteiger partial charge >= 0.3 is 0 Å². The van der Waals surface area contributed by atoms with Crippen LogP contribution in [-0.2, 0) is 11.3 Å². The minimum atomic E-state index is -0.305. The fourth-order valence-corrected chi connectivity index (χ4v) is 3.32. The molecular formula is C18H15ClFN3OS. The lowest BCUT2D eigenvalue weighted by Crippen LogP contribution is -2.30. The standard InChI is InChI=1S/C18H15ClFN3OS/c1-12-17(24)23(11-14-4-8-16(20)9-5-14)18(25-12)22-21-10-13-2-6-15(19)7-3-13/h2-10,12H,11H2,1H3/b21-10-,22-18-/t12-/m1/s1. The highest BCUT2D eigenvalue weighted by Crippen LogP contribution is 2.28. The third-order valence-electron chi connectivity index (χ3n) is 3.60. The van der Waals surface area contributed by atoms with Crippen LogP contribution in [0.3, 0.4) is 0 Å². The number of amidine groups is 1. The summed E-state index contributed by atoms with van der Waals surface area (Å²) >= 11 is 7.20. The number of rotatable bonds is 4. The summed E-state index contributed by atoms with van der Waals surface area (Å²) in [6.45, 7) is 2.17. The van der Waals surface area contributed by atoms with Crippen molar-refractivity contribution >= 4 is 40.7 Å². The van der Waals surface area contributed by atoms with E-state index in [1.54, 1.807) is 35.4 Å². The number of nitrogens with zero attached hydrogens (tertiary/aromatic N) is 3. The number of amides is 1. The zero-order valence-electron chi connectivity index (χ0n) is 13.4. The van der Waals surface area contributed by atoms with Crippen LogP contribution in [0.15, 0.2) is 58.7 Å². The van der Waals surface area contributed by atoms with E-state index in [0.29, 0.717) is 16.7 Å². The Kier molecular flexibility index (Phi) is 5.50. The second kappa shape index (κ2) is 7.80. The molecule has 0 spiro atoms. The van der Waals surface area contributed by atoms with Crippen molar-refractivity contribution in [2.45, 2.75) is 18.7 Å². The highest BCUT2D eigenvalue weighted by molar-refractivity contribution is 8.15. The highest BCUT2D eigenvalue weighted by atomic mass is 35.5. The fourth-order valence-electron chi connectivity index (χ4n) is 2.28. The lowest BCUT2D eigenvalue weighted by atomic mass is 10.2. The molecule has 0 aromatic heterocycles. The average Bonchev–Trinajstić information content (AvgIpc) is 2.86. The quantitative estimate of drug-likeness (QED) is 0.589. The van der Waals surface area contributed by atoms with E-state index in [1.807, 2.05) is 19.1 Å².